The largest absolute Gasteiger partial charge is 0.494 e. The maximum Gasteiger partial charge on any atom is 0.168 e. The number of aliphatic hydroxyl groups is 1. The summed E-state index contributed by atoms with van der Waals surface area (Å²) in [6.45, 7) is 0. The summed E-state index contributed by atoms with van der Waals surface area (Å²) in [7, 11) is 1.41. The second kappa shape index (κ2) is 5.55. The first-order chi connectivity index (χ1) is 8.72. The van der Waals surface area contributed by atoms with Crippen LogP contribution in [0.1, 0.15) is 17.4 Å². The number of benzene rings is 1. The Morgan fingerprint density at radius 3 is 2.89 bits per heavy atom. The highest BCUT2D eigenvalue weighted by Crippen LogP contribution is 2.24. The van der Waals surface area contributed by atoms with Gasteiger partial charge in [-0.1, -0.05) is 12.1 Å². The summed E-state index contributed by atoms with van der Waals surface area (Å²) < 4.78 is 18.8. The van der Waals surface area contributed by atoms with Crippen LogP contribution in [-0.2, 0) is 6.42 Å². The van der Waals surface area contributed by atoms with Crippen LogP contribution in [-0.4, -0.2) is 22.2 Å². The first-order valence-electron chi connectivity index (χ1n) is 5.47. The molecule has 0 bridgehead atoms. The summed E-state index contributed by atoms with van der Waals surface area (Å²) in [4.78, 5) is 7.70. The molecule has 1 N–H and O–H groups in total. The Kier molecular flexibility index (Phi) is 3.84. The zero-order chi connectivity index (χ0) is 13.0. The number of halogens is 1. The van der Waals surface area contributed by atoms with Crippen molar-refractivity contribution in [1.82, 2.24) is 9.97 Å². The van der Waals surface area contributed by atoms with Crippen LogP contribution < -0.4 is 4.74 Å². The number of aromatic nitrogens is 2. The van der Waals surface area contributed by atoms with E-state index in [2.05, 4.69) is 9.97 Å². The zero-order valence-electron chi connectivity index (χ0n) is 9.88. The highest BCUT2D eigenvalue weighted by molar-refractivity contribution is 5.31. The van der Waals surface area contributed by atoms with E-state index in [0.29, 0.717) is 11.3 Å². The maximum atomic E-state index is 13.9. The number of nitrogens with zero attached hydrogens (tertiary/aromatic N) is 2. The zero-order valence-corrected chi connectivity index (χ0v) is 9.88. The molecule has 0 saturated heterocycles. The van der Waals surface area contributed by atoms with Gasteiger partial charge in [0.1, 0.15) is 12.4 Å². The molecule has 1 aromatic heterocycles. The number of aliphatic hydroxyl groups excluding tert-OH is 1. The van der Waals surface area contributed by atoms with Crippen LogP contribution in [0.3, 0.4) is 0 Å². The summed E-state index contributed by atoms with van der Waals surface area (Å²) in [5.74, 6) is -0.282. The third kappa shape index (κ3) is 2.62. The van der Waals surface area contributed by atoms with E-state index in [0.717, 1.165) is 0 Å². The smallest absolute Gasteiger partial charge is 0.168 e. The van der Waals surface area contributed by atoms with Crippen molar-refractivity contribution in [2.75, 3.05) is 7.11 Å². The topological polar surface area (TPSA) is 55.2 Å². The lowest BCUT2D eigenvalue weighted by atomic mass is 10.0. The van der Waals surface area contributed by atoms with Gasteiger partial charge in [-0.25, -0.2) is 14.4 Å². The van der Waals surface area contributed by atoms with Gasteiger partial charge in [0.25, 0.3) is 0 Å². The van der Waals surface area contributed by atoms with Crippen molar-refractivity contribution in [3.05, 3.63) is 53.9 Å². The Balaban J connectivity index is 2.19. The van der Waals surface area contributed by atoms with Crippen molar-refractivity contribution in [3.8, 4) is 5.75 Å². The monoisotopic (exact) mass is 248 g/mol. The van der Waals surface area contributed by atoms with Crippen LogP contribution >= 0.6 is 0 Å². The highest BCUT2D eigenvalue weighted by Gasteiger charge is 2.15. The summed E-state index contributed by atoms with van der Waals surface area (Å²) >= 11 is 0. The second-order valence-electron chi connectivity index (χ2n) is 3.79. The van der Waals surface area contributed by atoms with Gasteiger partial charge in [0, 0.05) is 12.6 Å². The Morgan fingerprint density at radius 2 is 2.22 bits per heavy atom. The van der Waals surface area contributed by atoms with Crippen LogP contribution in [0.15, 0.2) is 36.8 Å². The summed E-state index contributed by atoms with van der Waals surface area (Å²) in [5, 5.41) is 9.96. The van der Waals surface area contributed by atoms with Crippen molar-refractivity contribution < 1.29 is 14.2 Å². The van der Waals surface area contributed by atoms with Gasteiger partial charge < -0.3 is 9.84 Å². The van der Waals surface area contributed by atoms with Gasteiger partial charge in [-0.3, -0.25) is 0 Å². The van der Waals surface area contributed by atoms with E-state index in [1.54, 1.807) is 18.2 Å². The molecule has 94 valence electrons. The predicted octanol–water partition coefficient (Wildman–Crippen LogP) is 1.90. The third-order valence-corrected chi connectivity index (χ3v) is 2.62. The molecule has 0 saturated carbocycles. The molecule has 0 aliphatic rings. The first-order valence-corrected chi connectivity index (χ1v) is 5.47. The Morgan fingerprint density at radius 1 is 1.39 bits per heavy atom. The van der Waals surface area contributed by atoms with Gasteiger partial charge in [-0.05, 0) is 17.7 Å². The van der Waals surface area contributed by atoms with E-state index < -0.39 is 11.9 Å². The fourth-order valence-electron chi connectivity index (χ4n) is 1.68. The fraction of sp³-hybridized carbons (Fsp3) is 0.231. The quantitative estimate of drug-likeness (QED) is 0.897. The number of ether oxygens (including phenoxy) is 1. The van der Waals surface area contributed by atoms with Gasteiger partial charge in [0.15, 0.2) is 11.6 Å². The lowest BCUT2D eigenvalue weighted by Crippen LogP contribution is -2.06. The lowest BCUT2D eigenvalue weighted by Gasteiger charge is -2.11. The van der Waals surface area contributed by atoms with Gasteiger partial charge >= 0.3 is 0 Å². The first kappa shape index (κ1) is 12.4. The summed E-state index contributed by atoms with van der Waals surface area (Å²) in [5.41, 5.74) is 0.854. The molecule has 0 aliphatic heterocycles. The SMILES string of the molecule is COc1cccc(CC(O)c2ccncn2)c1F. The van der Waals surface area contributed by atoms with Gasteiger partial charge in [0.05, 0.1) is 12.8 Å². The molecule has 4 nitrogen and oxygen atoms in total. The molecular weight excluding hydrogens is 235 g/mol. The summed E-state index contributed by atoms with van der Waals surface area (Å²) in [6, 6.07) is 6.44. The minimum absolute atomic E-state index is 0.139. The average Bonchev–Trinajstić information content (AvgIpc) is 2.42. The lowest BCUT2D eigenvalue weighted by molar-refractivity contribution is 0.172. The van der Waals surface area contributed by atoms with Crippen molar-refractivity contribution in [2.24, 2.45) is 0 Å². The van der Waals surface area contributed by atoms with Crippen LogP contribution in [0.25, 0.3) is 0 Å². The molecule has 2 aromatic rings. The van der Waals surface area contributed by atoms with Crippen molar-refractivity contribution in [3.63, 3.8) is 0 Å². The Hall–Kier alpha value is -2.01. The van der Waals surface area contributed by atoms with E-state index in [1.165, 1.54) is 25.7 Å². The molecular formula is C13H13FN2O2. The second-order valence-corrected chi connectivity index (χ2v) is 3.79. The molecule has 18 heavy (non-hydrogen) atoms. The normalized spacial score (nSPS) is 12.2. The van der Waals surface area contributed by atoms with E-state index in [9.17, 15) is 9.50 Å². The third-order valence-electron chi connectivity index (χ3n) is 2.62. The maximum absolute atomic E-state index is 13.9. The number of methoxy groups -OCH3 is 1. The molecule has 2 rings (SSSR count). The minimum Gasteiger partial charge on any atom is -0.494 e. The van der Waals surface area contributed by atoms with E-state index in [-0.39, 0.29) is 12.2 Å². The Labute approximate surface area is 104 Å². The van der Waals surface area contributed by atoms with Crippen molar-refractivity contribution in [1.29, 1.82) is 0 Å². The molecule has 1 heterocycles. The standard InChI is InChI=1S/C13H13FN2O2/c1-18-12-4-2-3-9(13(12)14)7-11(17)10-5-6-15-8-16-10/h2-6,8,11,17H,7H2,1H3. The molecule has 1 aromatic carbocycles. The molecule has 0 amide bonds. The van der Waals surface area contributed by atoms with Crippen molar-refractivity contribution >= 4 is 0 Å². The summed E-state index contributed by atoms with van der Waals surface area (Å²) in [6.07, 6.45) is 2.16. The van der Waals surface area contributed by atoms with Crippen LogP contribution in [0.4, 0.5) is 4.39 Å². The fourth-order valence-corrected chi connectivity index (χ4v) is 1.68. The average molecular weight is 248 g/mol. The minimum atomic E-state index is -0.866. The molecule has 5 heteroatoms. The number of hydrogen-bond donors (Lipinski definition) is 1. The van der Waals surface area contributed by atoms with E-state index in [4.69, 9.17) is 4.74 Å². The van der Waals surface area contributed by atoms with E-state index in [1.807, 2.05) is 0 Å². The van der Waals surface area contributed by atoms with E-state index >= 15 is 0 Å². The number of rotatable bonds is 4. The molecule has 1 atom stereocenters. The molecule has 0 spiro atoms. The highest BCUT2D eigenvalue weighted by atomic mass is 19.1. The Bertz CT molecular complexity index is 520. The molecule has 0 aliphatic carbocycles. The predicted molar refractivity (Wildman–Crippen MR) is 63.6 cm³/mol. The van der Waals surface area contributed by atoms with Gasteiger partial charge in [-0.15, -0.1) is 0 Å². The van der Waals surface area contributed by atoms with Crippen LogP contribution in [0, 0.1) is 5.82 Å². The van der Waals surface area contributed by atoms with Crippen LogP contribution in [0.5, 0.6) is 5.75 Å². The van der Waals surface area contributed by atoms with Crippen LogP contribution in [0.2, 0.25) is 0 Å². The number of hydrogen-bond acceptors (Lipinski definition) is 4. The van der Waals surface area contributed by atoms with Crippen molar-refractivity contribution in [2.45, 2.75) is 12.5 Å². The van der Waals surface area contributed by atoms with Gasteiger partial charge in [0.2, 0.25) is 0 Å². The molecule has 0 fully saturated rings. The van der Waals surface area contributed by atoms with Gasteiger partial charge in [-0.2, -0.15) is 0 Å². The molecule has 1 unspecified atom stereocenters. The molecule has 0 radical (unpaired) electrons.